The Morgan fingerprint density at radius 2 is 1.62 bits per heavy atom. The van der Waals surface area contributed by atoms with E-state index >= 15 is 0 Å². The second kappa shape index (κ2) is 7.58. The van der Waals surface area contributed by atoms with Crippen LogP contribution in [0, 0.1) is 0 Å². The number of nitrogens with one attached hydrogen (secondary N) is 1. The van der Waals surface area contributed by atoms with Crippen molar-refractivity contribution in [3.05, 3.63) is 52.0 Å². The lowest BCUT2D eigenvalue weighted by Gasteiger charge is -2.19. The predicted octanol–water partition coefficient (Wildman–Crippen LogP) is 3.82. The van der Waals surface area contributed by atoms with Crippen LogP contribution in [0.1, 0.15) is 24.0 Å². The van der Waals surface area contributed by atoms with Crippen LogP contribution in [0.15, 0.2) is 40.9 Å². The van der Waals surface area contributed by atoms with Crippen molar-refractivity contribution in [2.45, 2.75) is 24.8 Å². The number of ether oxygens (including phenoxy) is 3. The van der Waals surface area contributed by atoms with Gasteiger partial charge in [-0.3, -0.25) is 4.79 Å². The fraction of sp³-hybridized carbons (Fsp3) is 0.350. The number of rotatable bonds is 7. The van der Waals surface area contributed by atoms with E-state index in [4.69, 9.17) is 14.2 Å². The molecule has 2 aromatic rings. The van der Waals surface area contributed by atoms with Gasteiger partial charge in [-0.15, -0.1) is 0 Å². The summed E-state index contributed by atoms with van der Waals surface area (Å²) in [5.41, 5.74) is 1.41. The van der Waals surface area contributed by atoms with E-state index in [2.05, 4.69) is 21.2 Å². The van der Waals surface area contributed by atoms with Crippen LogP contribution >= 0.6 is 15.9 Å². The SMILES string of the molecule is COc1cc(OC)c(CNC(=O)C2(c3ccc(Br)cc3)CC2)c(OC)c1. The summed E-state index contributed by atoms with van der Waals surface area (Å²) in [7, 11) is 4.76. The van der Waals surface area contributed by atoms with Crippen molar-refractivity contribution in [2.24, 2.45) is 0 Å². The van der Waals surface area contributed by atoms with Crippen LogP contribution in [-0.4, -0.2) is 27.2 Å². The molecule has 0 bridgehead atoms. The molecule has 1 aliphatic carbocycles. The maximum atomic E-state index is 12.9. The maximum absolute atomic E-state index is 12.9. The summed E-state index contributed by atoms with van der Waals surface area (Å²) in [6, 6.07) is 11.5. The second-order valence-corrected chi connectivity index (χ2v) is 7.20. The highest BCUT2D eigenvalue weighted by Crippen LogP contribution is 2.48. The van der Waals surface area contributed by atoms with Crippen LogP contribution < -0.4 is 19.5 Å². The molecule has 0 atom stereocenters. The number of halogens is 1. The van der Waals surface area contributed by atoms with Gasteiger partial charge in [-0.25, -0.2) is 0 Å². The summed E-state index contributed by atoms with van der Waals surface area (Å²) in [5, 5.41) is 3.05. The predicted molar refractivity (Wildman–Crippen MR) is 103 cm³/mol. The van der Waals surface area contributed by atoms with Crippen LogP contribution in [0.4, 0.5) is 0 Å². The van der Waals surface area contributed by atoms with Gasteiger partial charge in [-0.2, -0.15) is 0 Å². The Kier molecular flexibility index (Phi) is 5.41. The Morgan fingerprint density at radius 3 is 2.08 bits per heavy atom. The van der Waals surface area contributed by atoms with Gasteiger partial charge < -0.3 is 19.5 Å². The van der Waals surface area contributed by atoms with Crippen molar-refractivity contribution in [1.29, 1.82) is 0 Å². The topological polar surface area (TPSA) is 56.8 Å². The number of benzene rings is 2. The molecule has 0 aromatic heterocycles. The van der Waals surface area contributed by atoms with Gasteiger partial charge in [-0.1, -0.05) is 28.1 Å². The molecule has 3 rings (SSSR count). The number of carbonyl (C=O) groups is 1. The molecule has 1 fully saturated rings. The maximum Gasteiger partial charge on any atom is 0.230 e. The highest BCUT2D eigenvalue weighted by Gasteiger charge is 2.51. The molecule has 2 aromatic carbocycles. The minimum absolute atomic E-state index is 0.0275. The summed E-state index contributed by atoms with van der Waals surface area (Å²) >= 11 is 3.44. The summed E-state index contributed by atoms with van der Waals surface area (Å²) in [5.74, 6) is 1.91. The Balaban J connectivity index is 1.78. The quantitative estimate of drug-likeness (QED) is 0.740. The molecule has 6 heteroatoms. The van der Waals surface area contributed by atoms with Crippen molar-refractivity contribution >= 4 is 21.8 Å². The number of carbonyl (C=O) groups excluding carboxylic acids is 1. The molecule has 0 spiro atoms. The van der Waals surface area contributed by atoms with Crippen LogP contribution in [0.5, 0.6) is 17.2 Å². The normalized spacial score (nSPS) is 14.5. The molecular formula is C20H22BrNO4. The summed E-state index contributed by atoms with van der Waals surface area (Å²) < 4.78 is 17.2. The first-order valence-electron chi connectivity index (χ1n) is 8.37. The third-order valence-electron chi connectivity index (χ3n) is 4.82. The number of hydrogen-bond donors (Lipinski definition) is 1. The Bertz CT molecular complexity index is 775. The van der Waals surface area contributed by atoms with Crippen LogP contribution in [0.3, 0.4) is 0 Å². The molecule has 138 valence electrons. The van der Waals surface area contributed by atoms with Crippen molar-refractivity contribution in [2.75, 3.05) is 21.3 Å². The lowest BCUT2D eigenvalue weighted by Crippen LogP contribution is -2.34. The van der Waals surface area contributed by atoms with Crippen molar-refractivity contribution in [3.8, 4) is 17.2 Å². The average molecular weight is 420 g/mol. The first kappa shape index (κ1) is 18.6. The van der Waals surface area contributed by atoms with Crippen LogP contribution in [-0.2, 0) is 16.8 Å². The highest BCUT2D eigenvalue weighted by molar-refractivity contribution is 9.10. The van der Waals surface area contributed by atoms with E-state index in [-0.39, 0.29) is 5.91 Å². The first-order chi connectivity index (χ1) is 12.5. The molecule has 5 nitrogen and oxygen atoms in total. The zero-order valence-electron chi connectivity index (χ0n) is 15.1. The molecule has 1 saturated carbocycles. The number of hydrogen-bond acceptors (Lipinski definition) is 4. The lowest BCUT2D eigenvalue weighted by atomic mass is 9.95. The Morgan fingerprint density at radius 1 is 1.04 bits per heavy atom. The van der Waals surface area contributed by atoms with Gasteiger partial charge >= 0.3 is 0 Å². The molecule has 0 aliphatic heterocycles. The summed E-state index contributed by atoms with van der Waals surface area (Å²) in [6.45, 7) is 0.327. The fourth-order valence-electron chi connectivity index (χ4n) is 3.13. The zero-order valence-corrected chi connectivity index (χ0v) is 16.7. The van der Waals surface area contributed by atoms with E-state index in [0.717, 1.165) is 28.4 Å². The summed E-state index contributed by atoms with van der Waals surface area (Å²) in [6.07, 6.45) is 1.72. The van der Waals surface area contributed by atoms with Crippen molar-refractivity contribution in [3.63, 3.8) is 0 Å². The van der Waals surface area contributed by atoms with E-state index < -0.39 is 5.41 Å². The molecule has 1 N–H and O–H groups in total. The fourth-order valence-corrected chi connectivity index (χ4v) is 3.40. The van der Waals surface area contributed by atoms with Gasteiger partial charge in [0.1, 0.15) is 17.2 Å². The number of methoxy groups -OCH3 is 3. The molecule has 0 unspecified atom stereocenters. The van der Waals surface area contributed by atoms with Gasteiger partial charge in [0.15, 0.2) is 0 Å². The molecule has 0 heterocycles. The Labute approximate surface area is 161 Å². The lowest BCUT2D eigenvalue weighted by molar-refractivity contribution is -0.123. The molecule has 1 amide bonds. The van der Waals surface area contributed by atoms with Crippen molar-refractivity contribution < 1.29 is 19.0 Å². The average Bonchev–Trinajstić information content (AvgIpc) is 3.47. The minimum Gasteiger partial charge on any atom is -0.496 e. The monoisotopic (exact) mass is 419 g/mol. The van der Waals surface area contributed by atoms with Gasteiger partial charge in [0.05, 0.1) is 38.9 Å². The smallest absolute Gasteiger partial charge is 0.230 e. The Hall–Kier alpha value is -2.21. The van der Waals surface area contributed by atoms with Crippen molar-refractivity contribution in [1.82, 2.24) is 5.32 Å². The second-order valence-electron chi connectivity index (χ2n) is 6.28. The van der Waals surface area contributed by atoms with Gasteiger partial charge in [0.2, 0.25) is 5.91 Å². The third-order valence-corrected chi connectivity index (χ3v) is 5.35. The third kappa shape index (κ3) is 3.51. The standard InChI is InChI=1S/C20H22BrNO4/c1-24-15-10-17(25-2)16(18(11-15)26-3)12-22-19(23)20(8-9-20)13-4-6-14(21)7-5-13/h4-7,10-11H,8-9,12H2,1-3H3,(H,22,23). The van der Waals surface area contributed by atoms with Gasteiger partial charge in [0.25, 0.3) is 0 Å². The number of amides is 1. The van der Waals surface area contributed by atoms with Gasteiger partial charge in [0, 0.05) is 16.6 Å². The van der Waals surface area contributed by atoms with E-state index in [0.29, 0.717) is 23.8 Å². The molecule has 1 aliphatic rings. The van der Waals surface area contributed by atoms with E-state index in [1.165, 1.54) is 0 Å². The summed E-state index contributed by atoms with van der Waals surface area (Å²) in [4.78, 5) is 12.9. The molecule has 0 radical (unpaired) electrons. The van der Waals surface area contributed by atoms with Crippen LogP contribution in [0.2, 0.25) is 0 Å². The van der Waals surface area contributed by atoms with E-state index in [1.807, 2.05) is 24.3 Å². The first-order valence-corrected chi connectivity index (χ1v) is 9.16. The van der Waals surface area contributed by atoms with E-state index in [9.17, 15) is 4.79 Å². The van der Waals surface area contributed by atoms with E-state index in [1.54, 1.807) is 33.5 Å². The molecule has 26 heavy (non-hydrogen) atoms. The largest absolute Gasteiger partial charge is 0.496 e. The minimum atomic E-state index is -0.423. The highest BCUT2D eigenvalue weighted by atomic mass is 79.9. The zero-order chi connectivity index (χ0) is 18.7. The molecule has 0 saturated heterocycles. The van der Waals surface area contributed by atoms with Crippen LogP contribution in [0.25, 0.3) is 0 Å². The van der Waals surface area contributed by atoms with Gasteiger partial charge in [-0.05, 0) is 30.5 Å². The molecular weight excluding hydrogens is 398 g/mol.